The molecular formula is C20H24N2O4S. The van der Waals surface area contributed by atoms with Gasteiger partial charge in [-0.1, -0.05) is 24.3 Å². The molecule has 0 saturated carbocycles. The Bertz CT molecular complexity index is 912. The molecule has 2 aromatic carbocycles. The zero-order valence-electron chi connectivity index (χ0n) is 15.3. The third-order valence-electron chi connectivity index (χ3n) is 4.46. The lowest BCUT2D eigenvalue weighted by molar-refractivity contribution is 0.0950. The van der Waals surface area contributed by atoms with Gasteiger partial charge in [0.2, 0.25) is 10.0 Å². The van der Waals surface area contributed by atoms with Crippen molar-refractivity contribution in [2.45, 2.75) is 26.3 Å². The minimum Gasteiger partial charge on any atom is -0.494 e. The van der Waals surface area contributed by atoms with E-state index in [2.05, 4.69) is 5.32 Å². The normalized spacial score (nSPS) is 16.0. The predicted molar refractivity (Wildman–Crippen MR) is 106 cm³/mol. The van der Waals surface area contributed by atoms with Gasteiger partial charge < -0.3 is 10.1 Å². The molecule has 0 unspecified atom stereocenters. The van der Waals surface area contributed by atoms with Crippen LogP contribution in [0.4, 0.5) is 5.69 Å². The Hall–Kier alpha value is -2.54. The highest BCUT2D eigenvalue weighted by Gasteiger charge is 2.26. The topological polar surface area (TPSA) is 75.7 Å². The molecule has 1 fully saturated rings. The smallest absolute Gasteiger partial charge is 0.251 e. The summed E-state index contributed by atoms with van der Waals surface area (Å²) in [7, 11) is -3.30. The highest BCUT2D eigenvalue weighted by atomic mass is 32.2. The minimum atomic E-state index is -3.30. The van der Waals surface area contributed by atoms with Gasteiger partial charge in [0.15, 0.2) is 0 Å². The number of hydrogen-bond donors (Lipinski definition) is 1. The van der Waals surface area contributed by atoms with Gasteiger partial charge in [-0.15, -0.1) is 0 Å². The fraction of sp³-hybridized carbons (Fsp3) is 0.350. The van der Waals surface area contributed by atoms with Gasteiger partial charge in [-0.3, -0.25) is 9.10 Å². The van der Waals surface area contributed by atoms with Crippen molar-refractivity contribution < 1.29 is 17.9 Å². The molecule has 0 aliphatic carbocycles. The van der Waals surface area contributed by atoms with E-state index in [-0.39, 0.29) is 11.7 Å². The van der Waals surface area contributed by atoms with Gasteiger partial charge in [0.1, 0.15) is 5.75 Å². The molecule has 1 amide bonds. The number of hydrogen-bond acceptors (Lipinski definition) is 4. The van der Waals surface area contributed by atoms with Crippen LogP contribution in [-0.4, -0.2) is 33.2 Å². The predicted octanol–water partition coefficient (Wildman–Crippen LogP) is 2.95. The van der Waals surface area contributed by atoms with Crippen LogP contribution < -0.4 is 14.4 Å². The van der Waals surface area contributed by atoms with Crippen LogP contribution in [0.25, 0.3) is 0 Å². The number of sulfonamides is 1. The Labute approximate surface area is 160 Å². The van der Waals surface area contributed by atoms with Crippen LogP contribution in [-0.2, 0) is 16.6 Å². The summed E-state index contributed by atoms with van der Waals surface area (Å²) in [6, 6.07) is 14.3. The lowest BCUT2D eigenvalue weighted by Gasteiger charge is -2.28. The largest absolute Gasteiger partial charge is 0.494 e. The number of anilines is 1. The molecule has 1 saturated heterocycles. The lowest BCUT2D eigenvalue weighted by atomic mass is 10.1. The van der Waals surface area contributed by atoms with Crippen LogP contribution in [0.5, 0.6) is 5.75 Å². The molecule has 7 heteroatoms. The Morgan fingerprint density at radius 2 is 1.96 bits per heavy atom. The third-order valence-corrected chi connectivity index (χ3v) is 6.33. The molecule has 0 aromatic heterocycles. The molecule has 2 aromatic rings. The lowest BCUT2D eigenvalue weighted by Crippen LogP contribution is -2.38. The van der Waals surface area contributed by atoms with Crippen LogP contribution in [0.2, 0.25) is 0 Å². The maximum absolute atomic E-state index is 12.6. The van der Waals surface area contributed by atoms with Gasteiger partial charge in [-0.05, 0) is 44.0 Å². The van der Waals surface area contributed by atoms with Crippen molar-refractivity contribution in [2.75, 3.05) is 23.2 Å². The molecule has 3 rings (SSSR count). The second-order valence-corrected chi connectivity index (χ2v) is 8.38. The molecule has 1 aliphatic rings. The van der Waals surface area contributed by atoms with E-state index in [1.165, 1.54) is 4.31 Å². The van der Waals surface area contributed by atoms with Crippen LogP contribution >= 0.6 is 0 Å². The first-order chi connectivity index (χ1) is 13.0. The number of benzene rings is 2. The third kappa shape index (κ3) is 4.60. The van der Waals surface area contributed by atoms with E-state index >= 15 is 0 Å². The summed E-state index contributed by atoms with van der Waals surface area (Å²) in [5, 5.41) is 2.88. The highest BCUT2D eigenvalue weighted by Crippen LogP contribution is 2.24. The van der Waals surface area contributed by atoms with Gasteiger partial charge in [-0.25, -0.2) is 8.42 Å². The molecule has 0 spiro atoms. The summed E-state index contributed by atoms with van der Waals surface area (Å²) in [6.45, 7) is 3.25. The highest BCUT2D eigenvalue weighted by molar-refractivity contribution is 7.92. The standard InChI is InChI=1S/C20H24N2O4S/c1-2-26-19-11-4-3-8-17(19)15-21-20(23)16-9-7-10-18(14-16)22-12-5-6-13-27(22,24)25/h3-4,7-11,14H,2,5-6,12-13,15H2,1H3,(H,21,23). The van der Waals surface area contributed by atoms with Crippen LogP contribution in [0.15, 0.2) is 48.5 Å². The molecule has 144 valence electrons. The average Bonchev–Trinajstić information content (AvgIpc) is 2.67. The van der Waals surface area contributed by atoms with Crippen LogP contribution in [0.3, 0.4) is 0 Å². The fourth-order valence-corrected chi connectivity index (χ4v) is 4.74. The molecule has 6 nitrogen and oxygen atoms in total. The molecule has 27 heavy (non-hydrogen) atoms. The van der Waals surface area contributed by atoms with Crippen LogP contribution in [0.1, 0.15) is 35.7 Å². The quantitative estimate of drug-likeness (QED) is 0.826. The maximum Gasteiger partial charge on any atom is 0.251 e. The molecule has 0 atom stereocenters. The molecule has 1 N–H and O–H groups in total. The number of nitrogens with zero attached hydrogens (tertiary/aromatic N) is 1. The summed E-state index contributed by atoms with van der Waals surface area (Å²) >= 11 is 0. The number of amides is 1. The Balaban J connectivity index is 1.73. The van der Waals surface area contributed by atoms with E-state index in [1.54, 1.807) is 24.3 Å². The zero-order valence-corrected chi connectivity index (χ0v) is 16.2. The minimum absolute atomic E-state index is 0.150. The number of rotatable bonds is 6. The number of ether oxygens (including phenoxy) is 1. The number of nitrogens with one attached hydrogen (secondary N) is 1. The first-order valence-corrected chi connectivity index (χ1v) is 10.7. The summed E-state index contributed by atoms with van der Waals surface area (Å²) < 4.78 is 31.5. The second-order valence-electron chi connectivity index (χ2n) is 6.37. The first-order valence-electron chi connectivity index (χ1n) is 9.10. The molecular weight excluding hydrogens is 364 g/mol. The van der Waals surface area contributed by atoms with Gasteiger partial charge in [-0.2, -0.15) is 0 Å². The van der Waals surface area contributed by atoms with Crippen molar-refractivity contribution >= 4 is 21.6 Å². The Morgan fingerprint density at radius 3 is 2.74 bits per heavy atom. The summed E-state index contributed by atoms with van der Waals surface area (Å²) in [6.07, 6.45) is 1.50. The summed E-state index contributed by atoms with van der Waals surface area (Å²) in [4.78, 5) is 12.6. The van der Waals surface area contributed by atoms with Gasteiger partial charge in [0.25, 0.3) is 5.91 Å². The van der Waals surface area contributed by atoms with E-state index in [4.69, 9.17) is 4.74 Å². The van der Waals surface area contributed by atoms with Crippen molar-refractivity contribution in [3.63, 3.8) is 0 Å². The molecule has 0 bridgehead atoms. The Morgan fingerprint density at radius 1 is 1.15 bits per heavy atom. The van der Waals surface area contributed by atoms with E-state index in [9.17, 15) is 13.2 Å². The van der Waals surface area contributed by atoms with E-state index < -0.39 is 10.0 Å². The van der Waals surface area contributed by atoms with E-state index in [1.807, 2.05) is 31.2 Å². The molecule has 1 aliphatic heterocycles. The van der Waals surface area contributed by atoms with Crippen molar-refractivity contribution in [3.05, 3.63) is 59.7 Å². The van der Waals surface area contributed by atoms with Crippen molar-refractivity contribution in [3.8, 4) is 5.75 Å². The monoisotopic (exact) mass is 388 g/mol. The SMILES string of the molecule is CCOc1ccccc1CNC(=O)c1cccc(N2CCCCS2(=O)=O)c1. The summed E-state index contributed by atoms with van der Waals surface area (Å²) in [5.41, 5.74) is 1.86. The van der Waals surface area contributed by atoms with Crippen molar-refractivity contribution in [1.82, 2.24) is 5.32 Å². The average molecular weight is 388 g/mol. The zero-order chi connectivity index (χ0) is 19.3. The molecule has 0 radical (unpaired) electrons. The van der Waals surface area contributed by atoms with Crippen LogP contribution in [0, 0.1) is 0 Å². The van der Waals surface area contributed by atoms with Gasteiger partial charge in [0.05, 0.1) is 18.0 Å². The maximum atomic E-state index is 12.6. The van der Waals surface area contributed by atoms with E-state index in [0.717, 1.165) is 17.7 Å². The van der Waals surface area contributed by atoms with Gasteiger partial charge in [0, 0.05) is 24.2 Å². The van der Waals surface area contributed by atoms with Crippen molar-refractivity contribution in [1.29, 1.82) is 0 Å². The number of para-hydroxylation sites is 1. The second kappa shape index (κ2) is 8.43. The van der Waals surface area contributed by atoms with E-state index in [0.29, 0.717) is 37.4 Å². The van der Waals surface area contributed by atoms with Gasteiger partial charge >= 0.3 is 0 Å². The number of carbonyl (C=O) groups is 1. The molecule has 1 heterocycles. The first kappa shape index (κ1) is 19.2. The van der Waals surface area contributed by atoms with Crippen molar-refractivity contribution in [2.24, 2.45) is 0 Å². The number of carbonyl (C=O) groups excluding carboxylic acids is 1. The Kier molecular flexibility index (Phi) is 6.01. The fourth-order valence-electron chi connectivity index (χ4n) is 3.10. The summed E-state index contributed by atoms with van der Waals surface area (Å²) in [5.74, 6) is 0.642.